The van der Waals surface area contributed by atoms with Gasteiger partial charge in [0.2, 0.25) is 5.92 Å². The van der Waals surface area contributed by atoms with E-state index >= 15 is 0 Å². The Hall–Kier alpha value is -2.02. The molecule has 0 saturated heterocycles. The molecule has 1 unspecified atom stereocenters. The van der Waals surface area contributed by atoms with E-state index in [1.54, 1.807) is 23.7 Å². The highest BCUT2D eigenvalue weighted by Crippen LogP contribution is 2.34. The maximum absolute atomic E-state index is 13.3. The molecule has 1 atom stereocenters. The predicted molar refractivity (Wildman–Crippen MR) is 92.3 cm³/mol. The zero-order chi connectivity index (χ0) is 18.2. The molecule has 0 bridgehead atoms. The average molecular weight is 350 g/mol. The molecule has 3 rings (SSSR count). The molecule has 25 heavy (non-hydrogen) atoms. The Morgan fingerprint density at radius 1 is 1.24 bits per heavy atom. The van der Waals surface area contributed by atoms with Crippen molar-refractivity contribution >= 4 is 5.82 Å². The first-order valence-corrected chi connectivity index (χ1v) is 8.61. The molecule has 2 aromatic rings. The highest BCUT2D eigenvalue weighted by molar-refractivity contribution is 5.46. The van der Waals surface area contributed by atoms with Gasteiger partial charge in [-0.15, -0.1) is 0 Å². The van der Waals surface area contributed by atoms with Crippen LogP contribution in [0.3, 0.4) is 0 Å². The highest BCUT2D eigenvalue weighted by Gasteiger charge is 2.35. The van der Waals surface area contributed by atoms with Crippen molar-refractivity contribution in [2.24, 2.45) is 0 Å². The number of hydrogen-bond acceptors (Lipinski definition) is 4. The van der Waals surface area contributed by atoms with Crippen molar-refractivity contribution in [1.29, 1.82) is 0 Å². The van der Waals surface area contributed by atoms with Gasteiger partial charge in [0, 0.05) is 24.6 Å². The van der Waals surface area contributed by atoms with Crippen LogP contribution in [0.4, 0.5) is 14.6 Å². The van der Waals surface area contributed by atoms with Crippen LogP contribution in [0.1, 0.15) is 55.7 Å². The number of halogens is 2. The Bertz CT molecular complexity index is 748. The van der Waals surface area contributed by atoms with Crippen molar-refractivity contribution in [3.05, 3.63) is 35.2 Å². The summed E-state index contributed by atoms with van der Waals surface area (Å²) in [5, 5.41) is 17.7. The van der Waals surface area contributed by atoms with Gasteiger partial charge in [0.05, 0.1) is 11.8 Å². The molecule has 0 spiro atoms. The van der Waals surface area contributed by atoms with Crippen LogP contribution < -0.4 is 5.32 Å². The van der Waals surface area contributed by atoms with Gasteiger partial charge in [-0.1, -0.05) is 0 Å². The summed E-state index contributed by atoms with van der Waals surface area (Å²) in [6, 6.07) is 5.48. The maximum atomic E-state index is 13.3. The fourth-order valence-corrected chi connectivity index (χ4v) is 3.21. The molecule has 1 saturated carbocycles. The van der Waals surface area contributed by atoms with E-state index < -0.39 is 12.0 Å². The molecule has 136 valence electrons. The molecule has 2 heterocycles. The number of nitrogens with one attached hydrogen (secondary N) is 1. The van der Waals surface area contributed by atoms with Gasteiger partial charge in [-0.05, 0) is 57.4 Å². The Kier molecular flexibility index (Phi) is 4.77. The van der Waals surface area contributed by atoms with Crippen LogP contribution in [0.15, 0.2) is 18.2 Å². The lowest BCUT2D eigenvalue weighted by Crippen LogP contribution is -2.32. The van der Waals surface area contributed by atoms with Crippen molar-refractivity contribution in [2.45, 2.75) is 64.5 Å². The van der Waals surface area contributed by atoms with Gasteiger partial charge in [-0.3, -0.25) is 0 Å². The Labute approximate surface area is 146 Å². The van der Waals surface area contributed by atoms with E-state index in [0.29, 0.717) is 30.0 Å². The fourth-order valence-electron chi connectivity index (χ4n) is 3.21. The monoisotopic (exact) mass is 350 g/mol. The first-order chi connectivity index (χ1) is 11.7. The van der Waals surface area contributed by atoms with Crippen molar-refractivity contribution in [1.82, 2.24) is 14.8 Å². The molecule has 7 heteroatoms. The fraction of sp³-hybridized carbons (Fsp3) is 0.556. The normalized spacial score (nSPS) is 19.0. The van der Waals surface area contributed by atoms with Gasteiger partial charge in [-0.25, -0.2) is 18.4 Å². The second-order valence-corrected chi connectivity index (χ2v) is 6.93. The van der Waals surface area contributed by atoms with Crippen LogP contribution in [0, 0.1) is 13.8 Å². The summed E-state index contributed by atoms with van der Waals surface area (Å²) in [7, 11) is 0. The van der Waals surface area contributed by atoms with Gasteiger partial charge in [-0.2, -0.15) is 5.10 Å². The first-order valence-electron chi connectivity index (χ1n) is 8.61. The second-order valence-electron chi connectivity index (χ2n) is 6.93. The third-order valence-electron chi connectivity index (χ3n) is 4.61. The van der Waals surface area contributed by atoms with E-state index in [4.69, 9.17) is 0 Å². The van der Waals surface area contributed by atoms with Crippen molar-refractivity contribution in [3.63, 3.8) is 0 Å². The van der Waals surface area contributed by atoms with Gasteiger partial charge >= 0.3 is 0 Å². The standard InChI is InChI=1S/C18H24F2N4O/c1-11-8-12(2)24(23-11)17-10-14(13(3)25)9-16(22-17)21-15-4-6-18(19,20)7-5-15/h8-10,13,15,25H,4-7H2,1-3H3,(H,21,22). The lowest BCUT2D eigenvalue weighted by molar-refractivity contribution is -0.0361. The summed E-state index contributed by atoms with van der Waals surface area (Å²) < 4.78 is 28.4. The highest BCUT2D eigenvalue weighted by atomic mass is 19.3. The van der Waals surface area contributed by atoms with E-state index in [9.17, 15) is 13.9 Å². The number of aromatic nitrogens is 3. The quantitative estimate of drug-likeness (QED) is 0.877. The molecule has 2 N–H and O–H groups in total. The van der Waals surface area contributed by atoms with Crippen LogP contribution in [0.2, 0.25) is 0 Å². The minimum absolute atomic E-state index is 0.0373. The van der Waals surface area contributed by atoms with E-state index in [2.05, 4.69) is 15.4 Å². The zero-order valence-corrected chi connectivity index (χ0v) is 14.8. The number of alkyl halides is 2. The first kappa shape index (κ1) is 17.8. The topological polar surface area (TPSA) is 63.0 Å². The predicted octanol–water partition coefficient (Wildman–Crippen LogP) is 3.93. The summed E-state index contributed by atoms with van der Waals surface area (Å²) in [5.74, 6) is -1.37. The second kappa shape index (κ2) is 6.71. The smallest absolute Gasteiger partial charge is 0.248 e. The zero-order valence-electron chi connectivity index (χ0n) is 14.8. The Morgan fingerprint density at radius 2 is 1.92 bits per heavy atom. The lowest BCUT2D eigenvalue weighted by atomic mass is 9.92. The number of aryl methyl sites for hydroxylation is 2. The van der Waals surface area contributed by atoms with Crippen LogP contribution >= 0.6 is 0 Å². The molecule has 1 aliphatic carbocycles. The van der Waals surface area contributed by atoms with Gasteiger partial charge in [0.15, 0.2) is 5.82 Å². The number of hydrogen-bond donors (Lipinski definition) is 2. The third-order valence-corrected chi connectivity index (χ3v) is 4.61. The van der Waals surface area contributed by atoms with Crippen molar-refractivity contribution < 1.29 is 13.9 Å². The molecular formula is C18H24F2N4O. The van der Waals surface area contributed by atoms with Crippen molar-refractivity contribution in [2.75, 3.05) is 5.32 Å². The van der Waals surface area contributed by atoms with E-state index in [0.717, 1.165) is 11.4 Å². The molecule has 1 aliphatic rings. The van der Waals surface area contributed by atoms with Gasteiger partial charge < -0.3 is 10.4 Å². The third kappa shape index (κ3) is 4.15. The maximum Gasteiger partial charge on any atom is 0.248 e. The molecule has 5 nitrogen and oxygen atoms in total. The van der Waals surface area contributed by atoms with Crippen LogP contribution in [-0.4, -0.2) is 31.8 Å². The minimum atomic E-state index is -2.55. The molecule has 1 fully saturated rings. The van der Waals surface area contributed by atoms with Crippen molar-refractivity contribution in [3.8, 4) is 5.82 Å². The number of nitrogens with zero attached hydrogens (tertiary/aromatic N) is 3. The minimum Gasteiger partial charge on any atom is -0.389 e. The largest absolute Gasteiger partial charge is 0.389 e. The summed E-state index contributed by atoms with van der Waals surface area (Å²) in [6.45, 7) is 5.53. The average Bonchev–Trinajstić information content (AvgIpc) is 2.88. The molecule has 0 amide bonds. The molecular weight excluding hydrogens is 326 g/mol. The number of aliphatic hydroxyl groups excluding tert-OH is 1. The Balaban J connectivity index is 1.87. The van der Waals surface area contributed by atoms with Crippen LogP contribution in [-0.2, 0) is 0 Å². The van der Waals surface area contributed by atoms with Crippen LogP contribution in [0.25, 0.3) is 5.82 Å². The number of aliphatic hydroxyl groups is 1. The van der Waals surface area contributed by atoms with E-state index in [1.807, 2.05) is 19.9 Å². The van der Waals surface area contributed by atoms with Crippen LogP contribution in [0.5, 0.6) is 0 Å². The molecule has 0 aromatic carbocycles. The molecule has 0 radical (unpaired) electrons. The molecule has 2 aromatic heterocycles. The summed E-state index contributed by atoms with van der Waals surface area (Å²) in [6.07, 6.45) is -0.0584. The number of rotatable bonds is 4. The lowest BCUT2D eigenvalue weighted by Gasteiger charge is -2.29. The summed E-state index contributed by atoms with van der Waals surface area (Å²) in [4.78, 5) is 4.58. The van der Waals surface area contributed by atoms with Gasteiger partial charge in [0.25, 0.3) is 0 Å². The van der Waals surface area contributed by atoms with Gasteiger partial charge in [0.1, 0.15) is 5.82 Å². The Morgan fingerprint density at radius 3 is 2.48 bits per heavy atom. The molecule has 0 aliphatic heterocycles. The van der Waals surface area contributed by atoms with E-state index in [-0.39, 0.29) is 18.9 Å². The number of pyridine rings is 1. The summed E-state index contributed by atoms with van der Waals surface area (Å²) >= 11 is 0. The SMILES string of the molecule is Cc1cc(C)n(-c2cc(C(C)O)cc(NC3CCC(F)(F)CC3)n2)n1. The van der Waals surface area contributed by atoms with E-state index in [1.165, 1.54) is 0 Å². The summed E-state index contributed by atoms with van der Waals surface area (Å²) in [5.41, 5.74) is 2.53. The number of anilines is 1.